The van der Waals surface area contributed by atoms with Crippen LogP contribution in [0.25, 0.3) is 0 Å². The van der Waals surface area contributed by atoms with Crippen molar-refractivity contribution in [3.05, 3.63) is 0 Å². The topological polar surface area (TPSA) is 63.6 Å². The number of likely N-dealkylation sites (N-methyl/N-ethyl adjacent to an activating group) is 1. The number of carbonyl (C=O) groups is 2. The van der Waals surface area contributed by atoms with Gasteiger partial charge in [-0.15, -0.1) is 0 Å². The van der Waals surface area contributed by atoms with E-state index in [0.717, 1.165) is 12.8 Å². The molecule has 0 rings (SSSR count). The first-order chi connectivity index (χ1) is 14.6. The van der Waals surface area contributed by atoms with Crippen molar-refractivity contribution in [3.63, 3.8) is 0 Å². The number of aliphatic carboxylic acids is 1. The summed E-state index contributed by atoms with van der Waals surface area (Å²) in [4.78, 5) is 23.2. The van der Waals surface area contributed by atoms with E-state index in [0.29, 0.717) is 23.4 Å². The number of ether oxygens (including phenoxy) is 1. The van der Waals surface area contributed by atoms with Crippen LogP contribution in [0.4, 0.5) is 0 Å². The molecule has 0 aromatic rings. The van der Waals surface area contributed by atoms with Gasteiger partial charge in [0, 0.05) is 6.42 Å². The third kappa shape index (κ3) is 21.9. The maximum atomic E-state index is 12.1. The van der Waals surface area contributed by atoms with Gasteiger partial charge >= 0.3 is 11.9 Å². The molecule has 5 nitrogen and oxygen atoms in total. The minimum Gasteiger partial charge on any atom is -0.481 e. The van der Waals surface area contributed by atoms with Crippen LogP contribution in [-0.4, -0.2) is 55.3 Å². The Morgan fingerprint density at radius 2 is 1.29 bits per heavy atom. The number of hydrogen-bond donors (Lipinski definition) is 1. The molecule has 2 atom stereocenters. The number of carboxylic acid groups (broad SMARTS) is 1. The SMILES string of the molecule is CCCCCCCCCCCCCC(C)CCCC(=O)OC(CC(=O)O)C[N+](C)(C)C. The number of rotatable bonds is 21. The molecule has 0 saturated carbocycles. The van der Waals surface area contributed by atoms with E-state index in [2.05, 4.69) is 13.8 Å². The maximum absolute atomic E-state index is 12.1. The van der Waals surface area contributed by atoms with Crippen LogP contribution in [0.15, 0.2) is 0 Å². The molecular formula is C26H52NO4+. The molecule has 0 heterocycles. The van der Waals surface area contributed by atoms with Crippen molar-refractivity contribution in [2.75, 3.05) is 27.7 Å². The monoisotopic (exact) mass is 442 g/mol. The molecule has 0 radical (unpaired) electrons. The van der Waals surface area contributed by atoms with Gasteiger partial charge in [0.05, 0.1) is 27.6 Å². The lowest BCUT2D eigenvalue weighted by molar-refractivity contribution is -0.873. The Labute approximate surface area is 192 Å². The largest absolute Gasteiger partial charge is 0.481 e. The minimum atomic E-state index is -0.924. The summed E-state index contributed by atoms with van der Waals surface area (Å²) in [5.41, 5.74) is 0. The van der Waals surface area contributed by atoms with Crippen LogP contribution in [0.3, 0.4) is 0 Å². The van der Waals surface area contributed by atoms with Crippen molar-refractivity contribution in [2.24, 2.45) is 5.92 Å². The standard InChI is InChI=1S/C26H51NO4/c1-6-7-8-9-10-11-12-13-14-15-16-18-23(2)19-17-20-26(30)31-24(21-25(28)29)22-27(3,4)5/h23-24H,6-22H2,1-5H3/p+1. The normalized spacial score (nSPS) is 13.7. The molecule has 1 N–H and O–H groups in total. The van der Waals surface area contributed by atoms with E-state index < -0.39 is 12.1 Å². The fourth-order valence-electron chi connectivity index (χ4n) is 4.09. The molecule has 5 heteroatoms. The Bertz CT molecular complexity index is 459. The van der Waals surface area contributed by atoms with E-state index in [1.807, 2.05) is 21.1 Å². The van der Waals surface area contributed by atoms with Gasteiger partial charge in [-0.3, -0.25) is 9.59 Å². The van der Waals surface area contributed by atoms with Crippen molar-refractivity contribution in [3.8, 4) is 0 Å². The van der Waals surface area contributed by atoms with Crippen LogP contribution in [0.5, 0.6) is 0 Å². The summed E-state index contributed by atoms with van der Waals surface area (Å²) in [6, 6.07) is 0. The van der Waals surface area contributed by atoms with Crippen molar-refractivity contribution in [2.45, 2.75) is 123 Å². The molecule has 0 aliphatic carbocycles. The highest BCUT2D eigenvalue weighted by molar-refractivity contribution is 5.71. The molecule has 0 fully saturated rings. The van der Waals surface area contributed by atoms with Crippen molar-refractivity contribution < 1.29 is 23.9 Å². The van der Waals surface area contributed by atoms with Gasteiger partial charge in [-0.25, -0.2) is 0 Å². The zero-order valence-electron chi connectivity index (χ0n) is 21.3. The number of carboxylic acids is 1. The fourth-order valence-corrected chi connectivity index (χ4v) is 4.09. The van der Waals surface area contributed by atoms with Crippen LogP contribution >= 0.6 is 0 Å². The second-order valence-electron chi connectivity index (χ2n) is 10.5. The van der Waals surface area contributed by atoms with Crippen LogP contribution in [-0.2, 0) is 14.3 Å². The lowest BCUT2D eigenvalue weighted by Gasteiger charge is -2.28. The third-order valence-electron chi connectivity index (χ3n) is 5.83. The fraction of sp³-hybridized carbons (Fsp3) is 0.923. The summed E-state index contributed by atoms with van der Waals surface area (Å²) in [5.74, 6) is -0.555. The van der Waals surface area contributed by atoms with Gasteiger partial charge in [-0.05, 0) is 12.3 Å². The highest BCUT2D eigenvalue weighted by Crippen LogP contribution is 2.18. The Balaban J connectivity index is 3.73. The Morgan fingerprint density at radius 1 is 0.806 bits per heavy atom. The van der Waals surface area contributed by atoms with Gasteiger partial charge < -0.3 is 14.3 Å². The Kier molecular flexibility index (Phi) is 17.8. The second kappa shape index (κ2) is 18.5. The van der Waals surface area contributed by atoms with Crippen LogP contribution in [0.1, 0.15) is 117 Å². The maximum Gasteiger partial charge on any atom is 0.307 e. The van der Waals surface area contributed by atoms with E-state index in [9.17, 15) is 9.59 Å². The number of hydrogen-bond acceptors (Lipinski definition) is 3. The molecule has 2 unspecified atom stereocenters. The zero-order valence-corrected chi connectivity index (χ0v) is 21.3. The predicted molar refractivity (Wildman–Crippen MR) is 129 cm³/mol. The molecule has 0 aliphatic heterocycles. The summed E-state index contributed by atoms with van der Waals surface area (Å²) in [6.07, 6.45) is 17.9. The highest BCUT2D eigenvalue weighted by atomic mass is 16.5. The smallest absolute Gasteiger partial charge is 0.307 e. The number of esters is 1. The summed E-state index contributed by atoms with van der Waals surface area (Å²) in [7, 11) is 5.91. The second-order valence-corrected chi connectivity index (χ2v) is 10.5. The average Bonchev–Trinajstić information content (AvgIpc) is 2.64. The first-order valence-electron chi connectivity index (χ1n) is 12.9. The molecule has 0 aromatic heterocycles. The third-order valence-corrected chi connectivity index (χ3v) is 5.83. The molecule has 31 heavy (non-hydrogen) atoms. The van der Waals surface area contributed by atoms with E-state index in [1.54, 1.807) is 0 Å². The zero-order chi connectivity index (χ0) is 23.5. The summed E-state index contributed by atoms with van der Waals surface area (Å²) >= 11 is 0. The Hall–Kier alpha value is -1.10. The number of quaternary nitrogens is 1. The molecule has 0 aromatic carbocycles. The number of unbranched alkanes of at least 4 members (excludes halogenated alkanes) is 10. The summed E-state index contributed by atoms with van der Waals surface area (Å²) in [6.45, 7) is 5.04. The Morgan fingerprint density at radius 3 is 1.77 bits per heavy atom. The number of nitrogens with zero attached hydrogens (tertiary/aromatic N) is 1. The van der Waals surface area contributed by atoms with Crippen molar-refractivity contribution in [1.82, 2.24) is 0 Å². The average molecular weight is 443 g/mol. The number of carbonyl (C=O) groups excluding carboxylic acids is 1. The van der Waals surface area contributed by atoms with E-state index in [-0.39, 0.29) is 12.4 Å². The van der Waals surface area contributed by atoms with E-state index in [4.69, 9.17) is 9.84 Å². The van der Waals surface area contributed by atoms with Gasteiger partial charge in [0.25, 0.3) is 0 Å². The highest BCUT2D eigenvalue weighted by Gasteiger charge is 2.24. The van der Waals surface area contributed by atoms with Gasteiger partial charge in [-0.2, -0.15) is 0 Å². The van der Waals surface area contributed by atoms with Crippen LogP contribution in [0, 0.1) is 5.92 Å². The summed E-state index contributed by atoms with van der Waals surface area (Å²) in [5, 5.41) is 9.05. The van der Waals surface area contributed by atoms with Crippen molar-refractivity contribution in [1.29, 1.82) is 0 Å². The lowest BCUT2D eigenvalue weighted by atomic mass is 9.96. The predicted octanol–water partition coefficient (Wildman–Crippen LogP) is 6.59. The molecule has 0 spiro atoms. The molecule has 0 aliphatic rings. The molecular weight excluding hydrogens is 390 g/mol. The first-order valence-corrected chi connectivity index (χ1v) is 12.9. The lowest BCUT2D eigenvalue weighted by Crippen LogP contribution is -2.43. The van der Waals surface area contributed by atoms with Gasteiger partial charge in [0.2, 0.25) is 0 Å². The van der Waals surface area contributed by atoms with Gasteiger partial charge in [0.15, 0.2) is 6.10 Å². The quantitative estimate of drug-likeness (QED) is 0.124. The van der Waals surface area contributed by atoms with Gasteiger partial charge in [0.1, 0.15) is 6.54 Å². The van der Waals surface area contributed by atoms with Crippen LogP contribution in [0.2, 0.25) is 0 Å². The van der Waals surface area contributed by atoms with E-state index >= 15 is 0 Å². The van der Waals surface area contributed by atoms with Gasteiger partial charge in [-0.1, -0.05) is 97.3 Å². The molecule has 0 saturated heterocycles. The first kappa shape index (κ1) is 29.9. The molecule has 0 bridgehead atoms. The molecule has 184 valence electrons. The molecule has 0 amide bonds. The minimum absolute atomic E-state index is 0.128. The van der Waals surface area contributed by atoms with Crippen LogP contribution < -0.4 is 0 Å². The van der Waals surface area contributed by atoms with E-state index in [1.165, 1.54) is 77.0 Å². The summed E-state index contributed by atoms with van der Waals surface area (Å²) < 4.78 is 6.03. The van der Waals surface area contributed by atoms with Crippen molar-refractivity contribution >= 4 is 11.9 Å².